The molecule has 0 spiro atoms. The van der Waals surface area contributed by atoms with Crippen LogP contribution in [0.2, 0.25) is 0 Å². The molecule has 3 heteroatoms. The quantitative estimate of drug-likeness (QED) is 0.378. The Morgan fingerprint density at radius 1 is 1.78 bits per heavy atom. The van der Waals surface area contributed by atoms with E-state index in [1.165, 1.54) is 0 Å². The van der Waals surface area contributed by atoms with Crippen LogP contribution in [0.5, 0.6) is 0 Å². The minimum Gasteiger partial charge on any atom is -0.359 e. The summed E-state index contributed by atoms with van der Waals surface area (Å²) in [5.74, 6) is 2.68. The molecule has 3 nitrogen and oxygen atoms in total. The number of hydrogen-bond acceptors (Lipinski definition) is 2. The molecule has 1 aromatic rings. The van der Waals surface area contributed by atoms with E-state index in [0.29, 0.717) is 0 Å². The van der Waals surface area contributed by atoms with Gasteiger partial charge in [-0.3, -0.25) is 0 Å². The van der Waals surface area contributed by atoms with E-state index >= 15 is 0 Å². The minimum absolute atomic E-state index is 0.831. The zero-order valence-electron chi connectivity index (χ0n) is 5.13. The van der Waals surface area contributed by atoms with E-state index in [0.717, 1.165) is 5.69 Å². The van der Waals surface area contributed by atoms with Gasteiger partial charge in [0.25, 0.3) is 0 Å². The Hall–Kier alpha value is -1.43. The van der Waals surface area contributed by atoms with Crippen LogP contribution in [0.25, 0.3) is 0 Å². The van der Waals surface area contributed by atoms with Gasteiger partial charge in [-0.15, -0.1) is 0 Å². The highest BCUT2D eigenvalue weighted by molar-refractivity contribution is 5.24. The summed E-state index contributed by atoms with van der Waals surface area (Å²) < 4.78 is 1.81. The van der Waals surface area contributed by atoms with Crippen molar-refractivity contribution in [1.29, 1.82) is 0 Å². The number of aromatic nitrogens is 2. The number of rotatable bonds is 0. The predicted octanol–water partition coefficient (Wildman–Crippen LogP) is -0.312. The van der Waals surface area contributed by atoms with Crippen molar-refractivity contribution in [3.05, 3.63) is 18.2 Å². The molecular weight excluding hydrogens is 114 g/mol. The van der Waals surface area contributed by atoms with Crippen LogP contribution in [0.4, 0.5) is 0 Å². The summed E-state index contributed by atoms with van der Waals surface area (Å²) in [6.45, 7) is 0. The molecule has 9 heavy (non-hydrogen) atoms. The SMILES string of the molecule is Cn1cncc1C#CN. The van der Waals surface area contributed by atoms with Crippen molar-refractivity contribution < 1.29 is 0 Å². The monoisotopic (exact) mass is 121 g/mol. The molecule has 1 rings (SSSR count). The van der Waals surface area contributed by atoms with Crippen LogP contribution in [-0.2, 0) is 7.05 Å². The predicted molar refractivity (Wildman–Crippen MR) is 34.3 cm³/mol. The van der Waals surface area contributed by atoms with Crippen LogP contribution in [0.15, 0.2) is 12.5 Å². The maximum Gasteiger partial charge on any atom is 0.113 e. The molecule has 0 saturated carbocycles. The lowest BCUT2D eigenvalue weighted by Gasteiger charge is -1.87. The standard InChI is InChI=1S/C6H7N3/c1-9-5-8-4-6(9)2-3-7/h4-5H,7H2,1H3. The largest absolute Gasteiger partial charge is 0.359 e. The molecule has 1 aromatic heterocycles. The highest BCUT2D eigenvalue weighted by Crippen LogP contribution is 1.90. The van der Waals surface area contributed by atoms with Crippen molar-refractivity contribution in [1.82, 2.24) is 9.55 Å². The van der Waals surface area contributed by atoms with Gasteiger partial charge in [0.05, 0.1) is 12.5 Å². The van der Waals surface area contributed by atoms with Crippen molar-refractivity contribution in [3.63, 3.8) is 0 Å². The molecule has 0 aromatic carbocycles. The zero-order chi connectivity index (χ0) is 6.69. The van der Waals surface area contributed by atoms with Gasteiger partial charge in [0.1, 0.15) is 5.69 Å². The third-order valence-electron chi connectivity index (χ3n) is 1.02. The summed E-state index contributed by atoms with van der Waals surface area (Å²) >= 11 is 0. The summed E-state index contributed by atoms with van der Waals surface area (Å²) in [7, 11) is 1.87. The third kappa shape index (κ3) is 1.03. The molecule has 2 N–H and O–H groups in total. The molecule has 46 valence electrons. The summed E-state index contributed by atoms with van der Waals surface area (Å²) in [5, 5.41) is 0. The Kier molecular flexibility index (Phi) is 1.41. The van der Waals surface area contributed by atoms with E-state index in [2.05, 4.69) is 16.9 Å². The summed E-state index contributed by atoms with van der Waals surface area (Å²) in [5.41, 5.74) is 5.82. The Bertz CT molecular complexity index is 251. The number of nitrogens with two attached hydrogens (primary N) is 1. The second-order valence-electron chi connectivity index (χ2n) is 1.66. The van der Waals surface area contributed by atoms with E-state index in [4.69, 9.17) is 5.73 Å². The minimum atomic E-state index is 0.831. The van der Waals surface area contributed by atoms with Crippen molar-refractivity contribution in [3.8, 4) is 12.0 Å². The van der Waals surface area contributed by atoms with Crippen LogP contribution in [0.3, 0.4) is 0 Å². The Morgan fingerprint density at radius 2 is 2.56 bits per heavy atom. The lowest BCUT2D eigenvalue weighted by atomic mass is 10.5. The van der Waals surface area contributed by atoms with Crippen molar-refractivity contribution in [2.75, 3.05) is 0 Å². The van der Waals surface area contributed by atoms with E-state index < -0.39 is 0 Å². The summed E-state index contributed by atoms with van der Waals surface area (Å²) in [6, 6.07) is 2.30. The molecule has 0 fully saturated rings. The summed E-state index contributed by atoms with van der Waals surface area (Å²) in [4.78, 5) is 3.85. The van der Waals surface area contributed by atoms with E-state index in [9.17, 15) is 0 Å². The Labute approximate surface area is 53.5 Å². The molecule has 0 unspecified atom stereocenters. The Balaban J connectivity index is 3.03. The molecule has 0 amide bonds. The normalized spacial score (nSPS) is 8.11. The fourth-order valence-corrected chi connectivity index (χ4v) is 0.552. The maximum atomic E-state index is 4.99. The van der Waals surface area contributed by atoms with E-state index in [-0.39, 0.29) is 0 Å². The van der Waals surface area contributed by atoms with Gasteiger partial charge in [-0.05, 0) is 5.92 Å². The van der Waals surface area contributed by atoms with Gasteiger partial charge in [0, 0.05) is 13.1 Å². The molecule has 0 saturated heterocycles. The second-order valence-corrected chi connectivity index (χ2v) is 1.66. The molecule has 1 heterocycles. The molecule has 0 bridgehead atoms. The summed E-state index contributed by atoms with van der Waals surface area (Å²) in [6.07, 6.45) is 3.35. The van der Waals surface area contributed by atoms with Gasteiger partial charge in [-0.25, -0.2) is 4.98 Å². The first-order valence-electron chi connectivity index (χ1n) is 2.52. The van der Waals surface area contributed by atoms with Crippen molar-refractivity contribution in [2.24, 2.45) is 12.8 Å². The second kappa shape index (κ2) is 2.23. The molecule has 0 aliphatic rings. The van der Waals surface area contributed by atoms with Crippen molar-refractivity contribution >= 4 is 0 Å². The van der Waals surface area contributed by atoms with Gasteiger partial charge in [0.15, 0.2) is 0 Å². The fourth-order valence-electron chi connectivity index (χ4n) is 0.552. The highest BCUT2D eigenvalue weighted by Gasteiger charge is 1.88. The maximum absolute atomic E-state index is 4.99. The van der Waals surface area contributed by atoms with Gasteiger partial charge in [0.2, 0.25) is 0 Å². The molecule has 0 atom stereocenters. The van der Waals surface area contributed by atoms with Crippen LogP contribution in [0.1, 0.15) is 5.69 Å². The average molecular weight is 121 g/mol. The topological polar surface area (TPSA) is 43.8 Å². The van der Waals surface area contributed by atoms with Crippen molar-refractivity contribution in [2.45, 2.75) is 0 Å². The number of aryl methyl sites for hydroxylation is 1. The number of hydrogen-bond donors (Lipinski definition) is 1. The lowest BCUT2D eigenvalue weighted by Crippen LogP contribution is -1.89. The first-order chi connectivity index (χ1) is 4.34. The van der Waals surface area contributed by atoms with Gasteiger partial charge >= 0.3 is 0 Å². The van der Waals surface area contributed by atoms with Crippen LogP contribution >= 0.6 is 0 Å². The fraction of sp³-hybridized carbons (Fsp3) is 0.167. The molecule has 0 aliphatic heterocycles. The average Bonchev–Trinajstić information content (AvgIpc) is 2.18. The third-order valence-corrected chi connectivity index (χ3v) is 1.02. The van der Waals surface area contributed by atoms with Crippen LogP contribution in [0, 0.1) is 12.0 Å². The first-order valence-corrected chi connectivity index (χ1v) is 2.52. The molecule has 0 aliphatic carbocycles. The van der Waals surface area contributed by atoms with Gasteiger partial charge in [-0.1, -0.05) is 0 Å². The lowest BCUT2D eigenvalue weighted by molar-refractivity contribution is 0.899. The first kappa shape index (κ1) is 5.70. The Morgan fingerprint density at radius 3 is 3.00 bits per heavy atom. The van der Waals surface area contributed by atoms with Crippen LogP contribution in [-0.4, -0.2) is 9.55 Å². The van der Waals surface area contributed by atoms with Crippen LogP contribution < -0.4 is 5.73 Å². The number of nitrogens with zero attached hydrogens (tertiary/aromatic N) is 2. The molecular formula is C6H7N3. The van der Waals surface area contributed by atoms with E-state index in [1.807, 2.05) is 7.05 Å². The smallest absolute Gasteiger partial charge is 0.113 e. The number of imidazole rings is 1. The van der Waals surface area contributed by atoms with E-state index in [1.54, 1.807) is 17.1 Å². The van der Waals surface area contributed by atoms with Gasteiger partial charge in [-0.2, -0.15) is 0 Å². The highest BCUT2D eigenvalue weighted by atomic mass is 15.0. The van der Waals surface area contributed by atoms with Gasteiger partial charge < -0.3 is 10.3 Å². The zero-order valence-corrected chi connectivity index (χ0v) is 5.13. The molecule has 0 radical (unpaired) electrons.